The van der Waals surface area contributed by atoms with Crippen LogP contribution in [0.3, 0.4) is 0 Å². The molecule has 0 aliphatic carbocycles. The van der Waals surface area contributed by atoms with Gasteiger partial charge in [0.2, 0.25) is 0 Å². The van der Waals surface area contributed by atoms with E-state index in [-0.39, 0.29) is 11.3 Å². The van der Waals surface area contributed by atoms with Crippen LogP contribution in [0.5, 0.6) is 5.75 Å². The monoisotopic (exact) mass is 446 g/mol. The summed E-state index contributed by atoms with van der Waals surface area (Å²) in [6, 6.07) is 14.7. The number of ketones is 1. The lowest BCUT2D eigenvalue weighted by molar-refractivity contribution is -0.132. The highest BCUT2D eigenvalue weighted by Gasteiger charge is 2.47. The van der Waals surface area contributed by atoms with E-state index < -0.39 is 17.7 Å². The summed E-state index contributed by atoms with van der Waals surface area (Å²) in [4.78, 5) is 31.8. The van der Waals surface area contributed by atoms with Crippen molar-refractivity contribution in [2.24, 2.45) is 0 Å². The molecule has 6 nitrogen and oxygen atoms in total. The first kappa shape index (κ1) is 20.3. The van der Waals surface area contributed by atoms with Crippen molar-refractivity contribution in [1.29, 1.82) is 0 Å². The molecule has 160 valence electrons. The van der Waals surface area contributed by atoms with Crippen molar-refractivity contribution in [2.75, 3.05) is 11.5 Å². The van der Waals surface area contributed by atoms with Gasteiger partial charge in [-0.2, -0.15) is 0 Å². The minimum atomic E-state index is -0.822. The maximum atomic E-state index is 13.2. The molecule has 1 fully saturated rings. The van der Waals surface area contributed by atoms with Gasteiger partial charge in [-0.05, 0) is 72.5 Å². The van der Waals surface area contributed by atoms with Crippen LogP contribution in [0.25, 0.3) is 5.76 Å². The maximum Gasteiger partial charge on any atom is 0.300 e. The van der Waals surface area contributed by atoms with Crippen LogP contribution in [0.15, 0.2) is 72.6 Å². The number of pyridine rings is 1. The van der Waals surface area contributed by atoms with Gasteiger partial charge in [-0.3, -0.25) is 19.5 Å². The van der Waals surface area contributed by atoms with Crippen molar-refractivity contribution < 1.29 is 19.4 Å². The number of aryl methyl sites for hydroxylation is 1. The number of amides is 1. The molecule has 1 amide bonds. The Morgan fingerprint density at radius 3 is 2.69 bits per heavy atom. The maximum absolute atomic E-state index is 13.2. The van der Waals surface area contributed by atoms with E-state index in [1.165, 1.54) is 4.90 Å². The summed E-state index contributed by atoms with van der Waals surface area (Å²) in [6.07, 6.45) is 4.91. The van der Waals surface area contributed by atoms with Crippen LogP contribution < -0.4 is 9.64 Å². The molecule has 1 saturated heterocycles. The molecule has 3 heterocycles. The van der Waals surface area contributed by atoms with E-state index in [0.717, 1.165) is 24.2 Å². The molecule has 7 heteroatoms. The van der Waals surface area contributed by atoms with Gasteiger partial charge in [0.15, 0.2) is 0 Å². The fourth-order valence-electron chi connectivity index (χ4n) is 4.22. The number of Topliss-reactive ketones (excluding diaryl/α,β-unsaturated/α-hetero) is 1. The highest BCUT2D eigenvalue weighted by molar-refractivity contribution is 6.51. The number of aliphatic hydroxyl groups excluding tert-OH is 1. The molecule has 2 aromatic carbocycles. The molecule has 0 spiro atoms. The number of nitrogens with zero attached hydrogens (tertiary/aromatic N) is 2. The molecule has 1 aromatic heterocycles. The summed E-state index contributed by atoms with van der Waals surface area (Å²) in [5.74, 6) is -0.912. The van der Waals surface area contributed by atoms with Gasteiger partial charge in [0.25, 0.3) is 11.7 Å². The first-order valence-electron chi connectivity index (χ1n) is 10.3. The number of hydrogen-bond acceptors (Lipinski definition) is 5. The average Bonchev–Trinajstić information content (AvgIpc) is 3.10. The number of halogens is 1. The summed E-state index contributed by atoms with van der Waals surface area (Å²) in [6.45, 7) is 0.658. The van der Waals surface area contributed by atoms with Crippen molar-refractivity contribution in [2.45, 2.75) is 18.9 Å². The minimum absolute atomic E-state index is 0.0228. The quantitative estimate of drug-likeness (QED) is 0.359. The molecule has 0 bridgehead atoms. The van der Waals surface area contributed by atoms with Gasteiger partial charge < -0.3 is 9.84 Å². The van der Waals surface area contributed by atoms with E-state index in [1.807, 2.05) is 6.07 Å². The number of carbonyl (C=O) groups excluding carboxylic acids is 2. The first-order valence-corrected chi connectivity index (χ1v) is 10.6. The van der Waals surface area contributed by atoms with Gasteiger partial charge in [0, 0.05) is 28.7 Å². The van der Waals surface area contributed by atoms with Crippen LogP contribution in [0, 0.1) is 0 Å². The zero-order valence-corrected chi connectivity index (χ0v) is 17.7. The fraction of sp³-hybridized carbons (Fsp3) is 0.160. The Morgan fingerprint density at radius 1 is 1.12 bits per heavy atom. The van der Waals surface area contributed by atoms with Crippen molar-refractivity contribution in [3.63, 3.8) is 0 Å². The fourth-order valence-corrected chi connectivity index (χ4v) is 4.34. The van der Waals surface area contributed by atoms with Gasteiger partial charge >= 0.3 is 0 Å². The second-order valence-electron chi connectivity index (χ2n) is 7.71. The molecule has 2 aliphatic heterocycles. The Balaban J connectivity index is 1.68. The Labute approximate surface area is 189 Å². The normalized spacial score (nSPS) is 19.5. The summed E-state index contributed by atoms with van der Waals surface area (Å²) in [5, 5.41) is 11.8. The molecule has 32 heavy (non-hydrogen) atoms. The molecule has 5 rings (SSSR count). The molecule has 0 radical (unpaired) electrons. The molecular weight excluding hydrogens is 428 g/mol. The summed E-state index contributed by atoms with van der Waals surface area (Å²) in [5.41, 5.74) is 2.57. The highest BCUT2D eigenvalue weighted by atomic mass is 35.5. The lowest BCUT2D eigenvalue weighted by Gasteiger charge is -2.25. The lowest BCUT2D eigenvalue weighted by Crippen LogP contribution is -2.29. The Morgan fingerprint density at radius 2 is 1.94 bits per heavy atom. The molecular formula is C25H19ClN2O4. The van der Waals surface area contributed by atoms with Gasteiger partial charge in [-0.15, -0.1) is 0 Å². The molecule has 1 N–H and O–H groups in total. The van der Waals surface area contributed by atoms with E-state index in [0.29, 0.717) is 28.4 Å². The topological polar surface area (TPSA) is 79.7 Å². The number of benzene rings is 2. The van der Waals surface area contributed by atoms with Crippen LogP contribution in [0.1, 0.15) is 29.2 Å². The van der Waals surface area contributed by atoms with Crippen LogP contribution in [0.4, 0.5) is 5.69 Å². The summed E-state index contributed by atoms with van der Waals surface area (Å²) >= 11 is 6.01. The summed E-state index contributed by atoms with van der Waals surface area (Å²) < 4.78 is 5.65. The van der Waals surface area contributed by atoms with Gasteiger partial charge in [0.1, 0.15) is 11.5 Å². The van der Waals surface area contributed by atoms with E-state index in [1.54, 1.807) is 60.9 Å². The third-order valence-corrected chi connectivity index (χ3v) is 5.98. The average molecular weight is 447 g/mol. The zero-order chi connectivity index (χ0) is 22.2. The van der Waals surface area contributed by atoms with Crippen molar-refractivity contribution in [3.05, 3.63) is 94.3 Å². The number of aromatic nitrogens is 1. The Hall–Kier alpha value is -3.64. The number of rotatable bonds is 3. The number of carbonyl (C=O) groups is 2. The van der Waals surface area contributed by atoms with Crippen LogP contribution in [-0.4, -0.2) is 28.4 Å². The minimum Gasteiger partial charge on any atom is -0.507 e. The zero-order valence-electron chi connectivity index (χ0n) is 17.0. The predicted octanol–water partition coefficient (Wildman–Crippen LogP) is 4.69. The number of anilines is 1. The van der Waals surface area contributed by atoms with Gasteiger partial charge in [-0.25, -0.2) is 0 Å². The van der Waals surface area contributed by atoms with Crippen molar-refractivity contribution >= 4 is 34.7 Å². The predicted molar refractivity (Wildman–Crippen MR) is 121 cm³/mol. The molecule has 1 atom stereocenters. The molecule has 2 aliphatic rings. The van der Waals surface area contributed by atoms with Crippen molar-refractivity contribution in [1.82, 2.24) is 4.98 Å². The van der Waals surface area contributed by atoms with Gasteiger partial charge in [-0.1, -0.05) is 17.7 Å². The second-order valence-corrected chi connectivity index (χ2v) is 8.14. The molecule has 3 aromatic rings. The first-order chi connectivity index (χ1) is 15.5. The number of ether oxygens (including phenoxy) is 1. The SMILES string of the molecule is O=C1C(=O)N(c2ccc(Cl)cc2)C(c2cccnc2)/C1=C(/O)c1ccc2c(c1)CCCO2. The second kappa shape index (κ2) is 8.13. The van der Waals surface area contributed by atoms with Crippen LogP contribution in [-0.2, 0) is 16.0 Å². The largest absolute Gasteiger partial charge is 0.507 e. The molecule has 0 saturated carbocycles. The number of aliphatic hydroxyl groups is 1. The standard InChI is InChI=1S/C25H19ClN2O4/c26-18-6-8-19(9-7-18)28-22(17-3-1-11-27-14-17)21(24(30)25(28)31)23(29)16-5-10-20-15(13-16)4-2-12-32-20/h1,3,5-11,13-14,22,29H,2,4,12H2/b23-21-. The third-order valence-electron chi connectivity index (χ3n) is 5.73. The summed E-state index contributed by atoms with van der Waals surface area (Å²) in [7, 11) is 0. The van der Waals surface area contributed by atoms with E-state index in [2.05, 4.69) is 4.98 Å². The van der Waals surface area contributed by atoms with Crippen LogP contribution >= 0.6 is 11.6 Å². The smallest absolute Gasteiger partial charge is 0.300 e. The van der Waals surface area contributed by atoms with Crippen LogP contribution in [0.2, 0.25) is 5.02 Å². The Bertz CT molecular complexity index is 1240. The van der Waals surface area contributed by atoms with Gasteiger partial charge in [0.05, 0.1) is 18.2 Å². The van der Waals surface area contributed by atoms with E-state index >= 15 is 0 Å². The Kier molecular flexibility index (Phi) is 5.15. The number of fused-ring (bicyclic) bond motifs is 1. The van der Waals surface area contributed by atoms with E-state index in [4.69, 9.17) is 16.3 Å². The lowest BCUT2D eigenvalue weighted by atomic mass is 9.94. The van der Waals surface area contributed by atoms with E-state index in [9.17, 15) is 14.7 Å². The number of hydrogen-bond donors (Lipinski definition) is 1. The van der Waals surface area contributed by atoms with Crippen molar-refractivity contribution in [3.8, 4) is 5.75 Å². The third kappa shape index (κ3) is 3.42. The highest BCUT2D eigenvalue weighted by Crippen LogP contribution is 2.42. The molecule has 1 unspecified atom stereocenters.